The molecule has 0 aromatic heterocycles. The minimum atomic E-state index is -0.222. The summed E-state index contributed by atoms with van der Waals surface area (Å²) in [4.78, 5) is 2.36. The van der Waals surface area contributed by atoms with Gasteiger partial charge in [0.1, 0.15) is 11.6 Å². The van der Waals surface area contributed by atoms with E-state index in [0.29, 0.717) is 0 Å². The summed E-state index contributed by atoms with van der Waals surface area (Å²) < 4.78 is 18.9. The smallest absolute Gasteiger partial charge is 0.123 e. The van der Waals surface area contributed by atoms with Crippen LogP contribution >= 0.6 is 0 Å². The van der Waals surface area contributed by atoms with Crippen LogP contribution in [0.2, 0.25) is 0 Å². The first-order valence-corrected chi connectivity index (χ1v) is 6.65. The van der Waals surface area contributed by atoms with Crippen molar-refractivity contribution < 1.29 is 9.13 Å². The fraction of sp³-hybridized carbons (Fsp3) is 0.467. The molecule has 0 saturated carbocycles. The van der Waals surface area contributed by atoms with Gasteiger partial charge in [-0.3, -0.25) is 4.90 Å². The van der Waals surface area contributed by atoms with Crippen molar-refractivity contribution in [1.82, 2.24) is 10.2 Å². The average Bonchev–Trinajstić information content (AvgIpc) is 2.45. The Bertz CT molecular complexity index is 430. The third-order valence-corrected chi connectivity index (χ3v) is 3.53. The number of halogens is 1. The molecule has 0 spiro atoms. The van der Waals surface area contributed by atoms with Crippen molar-refractivity contribution in [2.24, 2.45) is 0 Å². The van der Waals surface area contributed by atoms with Crippen LogP contribution in [0.4, 0.5) is 4.39 Å². The highest BCUT2D eigenvalue weighted by atomic mass is 19.1. The summed E-state index contributed by atoms with van der Waals surface area (Å²) in [6.45, 7) is 7.66. The molecule has 19 heavy (non-hydrogen) atoms. The van der Waals surface area contributed by atoms with Gasteiger partial charge in [-0.05, 0) is 24.6 Å². The van der Waals surface area contributed by atoms with Crippen molar-refractivity contribution >= 4 is 0 Å². The molecule has 1 fully saturated rings. The molecule has 1 aliphatic heterocycles. The molecule has 1 atom stereocenters. The van der Waals surface area contributed by atoms with E-state index in [4.69, 9.17) is 4.74 Å². The number of methoxy groups -OCH3 is 1. The quantitative estimate of drug-likeness (QED) is 0.826. The minimum Gasteiger partial charge on any atom is -0.496 e. The minimum absolute atomic E-state index is 0.130. The van der Waals surface area contributed by atoms with Crippen LogP contribution in [-0.2, 0) is 0 Å². The summed E-state index contributed by atoms with van der Waals surface area (Å²) in [6, 6.07) is 4.84. The Morgan fingerprint density at radius 2 is 2.21 bits per heavy atom. The third-order valence-electron chi connectivity index (χ3n) is 3.53. The van der Waals surface area contributed by atoms with E-state index in [2.05, 4.69) is 16.8 Å². The number of ether oxygens (including phenoxy) is 1. The Balaban J connectivity index is 2.31. The van der Waals surface area contributed by atoms with Gasteiger partial charge in [0.15, 0.2) is 0 Å². The van der Waals surface area contributed by atoms with Crippen molar-refractivity contribution in [3.8, 4) is 5.75 Å². The lowest BCUT2D eigenvalue weighted by Crippen LogP contribution is -2.45. The van der Waals surface area contributed by atoms with E-state index in [-0.39, 0.29) is 11.9 Å². The van der Waals surface area contributed by atoms with Gasteiger partial charge in [0.2, 0.25) is 0 Å². The third kappa shape index (κ3) is 3.33. The molecule has 1 saturated heterocycles. The summed E-state index contributed by atoms with van der Waals surface area (Å²) in [5.41, 5.74) is 0.907. The molecule has 0 aliphatic carbocycles. The Labute approximate surface area is 114 Å². The average molecular weight is 264 g/mol. The van der Waals surface area contributed by atoms with Crippen LogP contribution in [0.15, 0.2) is 30.9 Å². The van der Waals surface area contributed by atoms with Crippen molar-refractivity contribution in [1.29, 1.82) is 0 Å². The number of nitrogens with zero attached hydrogens (tertiary/aromatic N) is 1. The van der Waals surface area contributed by atoms with E-state index >= 15 is 0 Å². The molecule has 2 rings (SSSR count). The number of piperazine rings is 1. The molecule has 0 amide bonds. The first-order chi connectivity index (χ1) is 9.26. The monoisotopic (exact) mass is 264 g/mol. The SMILES string of the molecule is C=CC[C@H](c1cc(F)ccc1OC)N1CCNCC1. The Morgan fingerprint density at radius 3 is 2.84 bits per heavy atom. The molecule has 1 heterocycles. The highest BCUT2D eigenvalue weighted by Gasteiger charge is 2.24. The van der Waals surface area contributed by atoms with Crippen molar-refractivity contribution in [3.63, 3.8) is 0 Å². The Morgan fingerprint density at radius 1 is 1.47 bits per heavy atom. The van der Waals surface area contributed by atoms with E-state index in [0.717, 1.165) is 43.9 Å². The number of rotatable bonds is 5. The normalized spacial score (nSPS) is 18.0. The maximum atomic E-state index is 13.5. The highest BCUT2D eigenvalue weighted by Crippen LogP contribution is 2.32. The summed E-state index contributed by atoms with van der Waals surface area (Å²) in [5.74, 6) is 0.520. The van der Waals surface area contributed by atoms with Crippen LogP contribution < -0.4 is 10.1 Å². The van der Waals surface area contributed by atoms with Crippen molar-refractivity contribution in [2.75, 3.05) is 33.3 Å². The zero-order valence-electron chi connectivity index (χ0n) is 11.4. The summed E-state index contributed by atoms with van der Waals surface area (Å²) in [6.07, 6.45) is 2.68. The van der Waals surface area contributed by atoms with Gasteiger partial charge in [-0.15, -0.1) is 6.58 Å². The van der Waals surface area contributed by atoms with E-state index < -0.39 is 0 Å². The summed E-state index contributed by atoms with van der Waals surface area (Å²) in [7, 11) is 1.62. The Hall–Kier alpha value is -1.39. The highest BCUT2D eigenvalue weighted by molar-refractivity contribution is 5.37. The number of hydrogen-bond donors (Lipinski definition) is 1. The van der Waals surface area contributed by atoms with E-state index in [9.17, 15) is 4.39 Å². The molecule has 3 nitrogen and oxygen atoms in total. The van der Waals surface area contributed by atoms with E-state index in [1.54, 1.807) is 19.2 Å². The molecule has 1 aliphatic rings. The zero-order valence-corrected chi connectivity index (χ0v) is 11.4. The van der Waals surface area contributed by atoms with Crippen molar-refractivity contribution in [2.45, 2.75) is 12.5 Å². The zero-order chi connectivity index (χ0) is 13.7. The fourth-order valence-electron chi connectivity index (χ4n) is 2.59. The second-order valence-corrected chi connectivity index (χ2v) is 4.71. The molecule has 1 aromatic carbocycles. The van der Waals surface area contributed by atoms with Gasteiger partial charge in [0.25, 0.3) is 0 Å². The van der Waals surface area contributed by atoms with Gasteiger partial charge in [-0.25, -0.2) is 4.39 Å². The largest absolute Gasteiger partial charge is 0.496 e. The van der Waals surface area contributed by atoms with Crippen LogP contribution in [0.3, 0.4) is 0 Å². The number of hydrogen-bond acceptors (Lipinski definition) is 3. The second-order valence-electron chi connectivity index (χ2n) is 4.71. The predicted octanol–water partition coefficient (Wildman–Crippen LogP) is 2.36. The Kier molecular flexibility index (Phi) is 4.93. The summed E-state index contributed by atoms with van der Waals surface area (Å²) >= 11 is 0. The molecular formula is C15H21FN2O. The first kappa shape index (κ1) is 14.0. The van der Waals surface area contributed by atoms with Crippen LogP contribution in [0.25, 0.3) is 0 Å². The molecule has 0 bridgehead atoms. The molecule has 4 heteroatoms. The maximum Gasteiger partial charge on any atom is 0.123 e. The van der Waals surface area contributed by atoms with Gasteiger partial charge < -0.3 is 10.1 Å². The van der Waals surface area contributed by atoms with Gasteiger partial charge in [-0.2, -0.15) is 0 Å². The molecule has 0 unspecified atom stereocenters. The standard InChI is InChI=1S/C15H21FN2O/c1-3-4-14(18-9-7-17-8-10-18)13-11-12(16)5-6-15(13)19-2/h3,5-6,11,14,17H,1,4,7-10H2,2H3/t14-/m1/s1. The molecule has 104 valence electrons. The summed E-state index contributed by atoms with van der Waals surface area (Å²) in [5, 5.41) is 3.33. The number of nitrogens with one attached hydrogen (secondary N) is 1. The van der Waals surface area contributed by atoms with Crippen LogP contribution in [0.1, 0.15) is 18.0 Å². The lowest BCUT2D eigenvalue weighted by molar-refractivity contribution is 0.171. The van der Waals surface area contributed by atoms with Gasteiger partial charge in [0.05, 0.1) is 7.11 Å². The topological polar surface area (TPSA) is 24.5 Å². The maximum absolute atomic E-state index is 13.5. The van der Waals surface area contributed by atoms with E-state index in [1.165, 1.54) is 6.07 Å². The van der Waals surface area contributed by atoms with Gasteiger partial charge >= 0.3 is 0 Å². The van der Waals surface area contributed by atoms with Crippen LogP contribution in [0, 0.1) is 5.82 Å². The lowest BCUT2D eigenvalue weighted by Gasteiger charge is -2.35. The molecule has 1 aromatic rings. The predicted molar refractivity (Wildman–Crippen MR) is 74.9 cm³/mol. The second kappa shape index (κ2) is 6.68. The van der Waals surface area contributed by atoms with Crippen LogP contribution in [-0.4, -0.2) is 38.2 Å². The lowest BCUT2D eigenvalue weighted by atomic mass is 10.00. The van der Waals surface area contributed by atoms with Crippen LogP contribution in [0.5, 0.6) is 5.75 Å². The fourth-order valence-corrected chi connectivity index (χ4v) is 2.59. The molecule has 0 radical (unpaired) electrons. The molecular weight excluding hydrogens is 243 g/mol. The first-order valence-electron chi connectivity index (χ1n) is 6.65. The van der Waals surface area contributed by atoms with Gasteiger partial charge in [0, 0.05) is 37.8 Å². The van der Waals surface area contributed by atoms with Crippen molar-refractivity contribution in [3.05, 3.63) is 42.2 Å². The number of benzene rings is 1. The molecule has 1 N–H and O–H groups in total. The van der Waals surface area contributed by atoms with E-state index in [1.807, 2.05) is 6.08 Å². The van der Waals surface area contributed by atoms with Gasteiger partial charge in [-0.1, -0.05) is 6.08 Å².